The van der Waals surface area contributed by atoms with Gasteiger partial charge in [-0.05, 0) is 40.7 Å². The molecule has 4 heterocycles. The highest BCUT2D eigenvalue weighted by molar-refractivity contribution is 6.93. The van der Waals surface area contributed by atoms with E-state index in [0.717, 1.165) is 4.90 Å². The minimum absolute atomic E-state index is 0.0223. The molecule has 2 aromatic rings. The zero-order valence-electron chi connectivity index (χ0n) is 19.2. The molecule has 0 aromatic carbocycles. The van der Waals surface area contributed by atoms with Crippen LogP contribution in [-0.2, 0) is 9.59 Å². The van der Waals surface area contributed by atoms with E-state index < -0.39 is 10.8 Å². The van der Waals surface area contributed by atoms with Crippen LogP contribution in [0.2, 0.25) is 0 Å². The standard InChI is InChI=1S/C21H25N5O5.CCl2O/c1-21(2)12-18(27)26(19(28)13-21)15-4-5-17(22-14-15)30-20(29)24-10-6-16(7-11-24)31-25-9-3-8-23-25;2-1(3)4/h3-5,8-9,14,16H,6-7,10-13H2,1-2H3;. The lowest BCUT2D eigenvalue weighted by atomic mass is 9.81. The molecule has 2 aliphatic heterocycles. The minimum Gasteiger partial charge on any atom is -0.393 e. The molecule has 2 saturated heterocycles. The Kier molecular flexibility index (Phi) is 8.68. The number of anilines is 1. The summed E-state index contributed by atoms with van der Waals surface area (Å²) in [6.45, 7) is 4.78. The molecule has 0 unspecified atom stereocenters. The molecule has 0 saturated carbocycles. The number of hydrogen-bond acceptors (Lipinski definition) is 8. The topological polar surface area (TPSA) is 124 Å². The van der Waals surface area contributed by atoms with Crippen LogP contribution in [-0.4, -0.2) is 61.6 Å². The lowest BCUT2D eigenvalue weighted by Crippen LogP contribution is -2.46. The molecular formula is C22H25Cl2N5O6. The molecular weight excluding hydrogens is 501 g/mol. The largest absolute Gasteiger partial charge is 0.416 e. The average Bonchev–Trinajstić information content (AvgIpc) is 3.27. The predicted molar refractivity (Wildman–Crippen MR) is 126 cm³/mol. The number of carbonyl (C=O) groups is 4. The smallest absolute Gasteiger partial charge is 0.393 e. The van der Waals surface area contributed by atoms with Gasteiger partial charge in [-0.25, -0.2) is 14.7 Å². The maximum absolute atomic E-state index is 12.4. The summed E-state index contributed by atoms with van der Waals surface area (Å²) in [4.78, 5) is 60.2. The van der Waals surface area contributed by atoms with Crippen LogP contribution in [0.1, 0.15) is 39.5 Å². The van der Waals surface area contributed by atoms with Crippen molar-refractivity contribution in [2.45, 2.75) is 45.6 Å². The molecule has 188 valence electrons. The third kappa shape index (κ3) is 7.66. The van der Waals surface area contributed by atoms with Crippen molar-refractivity contribution < 1.29 is 28.8 Å². The second kappa shape index (κ2) is 11.5. The van der Waals surface area contributed by atoms with Crippen molar-refractivity contribution in [2.24, 2.45) is 5.41 Å². The first kappa shape index (κ1) is 26.4. The lowest BCUT2D eigenvalue weighted by Gasteiger charge is -2.34. The summed E-state index contributed by atoms with van der Waals surface area (Å²) in [6.07, 6.45) is 6.13. The summed E-state index contributed by atoms with van der Waals surface area (Å²) in [7, 11) is 0. The van der Waals surface area contributed by atoms with E-state index in [4.69, 9.17) is 14.4 Å². The molecule has 3 amide bonds. The Morgan fingerprint density at radius 2 is 1.71 bits per heavy atom. The zero-order chi connectivity index (χ0) is 25.6. The van der Waals surface area contributed by atoms with Gasteiger partial charge in [0.05, 0.1) is 24.3 Å². The number of carbonyl (C=O) groups excluding carboxylic acids is 4. The molecule has 2 aromatic heterocycles. The van der Waals surface area contributed by atoms with Crippen molar-refractivity contribution in [3.63, 3.8) is 0 Å². The number of hydrogen-bond donors (Lipinski definition) is 0. The summed E-state index contributed by atoms with van der Waals surface area (Å²) in [5, 5.41) is 4.01. The van der Waals surface area contributed by atoms with Gasteiger partial charge in [0, 0.05) is 44.8 Å². The van der Waals surface area contributed by atoms with E-state index in [1.165, 1.54) is 17.1 Å². The van der Waals surface area contributed by atoms with Gasteiger partial charge in [0.25, 0.3) is 0 Å². The Morgan fingerprint density at radius 3 is 2.23 bits per heavy atom. The van der Waals surface area contributed by atoms with Gasteiger partial charge < -0.3 is 14.5 Å². The Balaban J connectivity index is 0.000000795. The van der Waals surface area contributed by atoms with Gasteiger partial charge in [-0.2, -0.15) is 0 Å². The fourth-order valence-corrected chi connectivity index (χ4v) is 3.80. The molecule has 0 atom stereocenters. The van der Waals surface area contributed by atoms with Crippen molar-refractivity contribution >= 4 is 51.5 Å². The van der Waals surface area contributed by atoms with Crippen LogP contribution in [0.5, 0.6) is 5.88 Å². The number of aromatic nitrogens is 3. The molecule has 4 rings (SSSR count). The van der Waals surface area contributed by atoms with E-state index in [9.17, 15) is 14.4 Å². The van der Waals surface area contributed by atoms with Crippen molar-refractivity contribution in [1.29, 1.82) is 0 Å². The van der Waals surface area contributed by atoms with E-state index in [0.29, 0.717) is 31.6 Å². The number of likely N-dealkylation sites (tertiary alicyclic amines) is 1. The number of amides is 3. The van der Waals surface area contributed by atoms with Crippen molar-refractivity contribution in [3.8, 4) is 5.88 Å². The monoisotopic (exact) mass is 525 g/mol. The highest BCUT2D eigenvalue weighted by Gasteiger charge is 2.38. The van der Waals surface area contributed by atoms with Crippen LogP contribution >= 0.6 is 23.2 Å². The van der Waals surface area contributed by atoms with E-state index in [1.54, 1.807) is 29.4 Å². The normalized spacial score (nSPS) is 17.9. The third-order valence-corrected chi connectivity index (χ3v) is 5.37. The van der Waals surface area contributed by atoms with Crippen LogP contribution < -0.4 is 14.5 Å². The zero-order valence-corrected chi connectivity index (χ0v) is 20.7. The van der Waals surface area contributed by atoms with E-state index in [1.807, 2.05) is 13.8 Å². The third-order valence-electron chi connectivity index (χ3n) is 5.37. The maximum Gasteiger partial charge on any atom is 0.416 e. The summed E-state index contributed by atoms with van der Waals surface area (Å²) in [6, 6.07) is 4.83. The Labute approximate surface area is 211 Å². The van der Waals surface area contributed by atoms with Gasteiger partial charge in [-0.15, -0.1) is 9.94 Å². The van der Waals surface area contributed by atoms with Gasteiger partial charge in [-0.3, -0.25) is 14.4 Å². The molecule has 0 radical (unpaired) electrons. The highest BCUT2D eigenvalue weighted by Crippen LogP contribution is 2.34. The molecule has 2 aliphatic rings. The van der Waals surface area contributed by atoms with Gasteiger partial charge in [0.2, 0.25) is 17.7 Å². The SMILES string of the molecule is CC1(C)CC(=O)N(c2ccc(OC(=O)N3CCC(On4cccn4)CC3)nc2)C(=O)C1.O=C(Cl)Cl. The van der Waals surface area contributed by atoms with E-state index in [-0.39, 0.29) is 42.1 Å². The first-order valence-electron chi connectivity index (χ1n) is 10.8. The number of imide groups is 1. The van der Waals surface area contributed by atoms with Crippen molar-refractivity contribution in [3.05, 3.63) is 36.8 Å². The van der Waals surface area contributed by atoms with Gasteiger partial charge in [-0.1, -0.05) is 13.8 Å². The fraction of sp³-hybridized carbons (Fsp3) is 0.455. The molecule has 0 N–H and O–H groups in total. The molecule has 0 aliphatic carbocycles. The molecule has 0 bridgehead atoms. The lowest BCUT2D eigenvalue weighted by molar-refractivity contribution is -0.132. The van der Waals surface area contributed by atoms with Crippen LogP contribution in [0.15, 0.2) is 36.8 Å². The Hall–Kier alpha value is -3.18. The Bertz CT molecular complexity index is 1030. The second-order valence-corrected chi connectivity index (χ2v) is 9.67. The fourth-order valence-electron chi connectivity index (χ4n) is 3.80. The average molecular weight is 526 g/mol. The maximum atomic E-state index is 12.4. The number of pyridine rings is 1. The van der Waals surface area contributed by atoms with Gasteiger partial charge >= 0.3 is 10.8 Å². The summed E-state index contributed by atoms with van der Waals surface area (Å²) in [5.41, 5.74) is 0.0339. The number of nitrogens with zero attached hydrogens (tertiary/aromatic N) is 5. The highest BCUT2D eigenvalue weighted by atomic mass is 35.5. The predicted octanol–water partition coefficient (Wildman–Crippen LogP) is 3.63. The number of halogens is 2. The molecule has 11 nitrogen and oxygen atoms in total. The van der Waals surface area contributed by atoms with Crippen molar-refractivity contribution in [1.82, 2.24) is 19.8 Å². The van der Waals surface area contributed by atoms with Gasteiger partial charge in [0.15, 0.2) is 0 Å². The number of rotatable bonds is 4. The van der Waals surface area contributed by atoms with Crippen LogP contribution in [0.3, 0.4) is 0 Å². The molecule has 13 heteroatoms. The molecule has 2 fully saturated rings. The first-order valence-corrected chi connectivity index (χ1v) is 11.6. The first-order chi connectivity index (χ1) is 16.5. The van der Waals surface area contributed by atoms with Gasteiger partial charge in [0.1, 0.15) is 6.10 Å². The summed E-state index contributed by atoms with van der Waals surface area (Å²) in [5.74, 6) is -0.401. The second-order valence-electron chi connectivity index (χ2n) is 8.79. The summed E-state index contributed by atoms with van der Waals surface area (Å²) < 4.78 is 4.46. The van der Waals surface area contributed by atoms with E-state index in [2.05, 4.69) is 33.3 Å². The van der Waals surface area contributed by atoms with Crippen LogP contribution in [0, 0.1) is 5.41 Å². The van der Waals surface area contributed by atoms with E-state index >= 15 is 0 Å². The quantitative estimate of drug-likeness (QED) is 0.437. The van der Waals surface area contributed by atoms with Crippen LogP contribution in [0.4, 0.5) is 15.3 Å². The minimum atomic E-state index is -0.889. The Morgan fingerprint density at radius 1 is 1.09 bits per heavy atom. The number of ether oxygens (including phenoxy) is 1. The number of piperidine rings is 2. The molecule has 0 spiro atoms. The summed E-state index contributed by atoms with van der Waals surface area (Å²) >= 11 is 8.80. The van der Waals surface area contributed by atoms with Crippen LogP contribution in [0.25, 0.3) is 0 Å². The van der Waals surface area contributed by atoms with Crippen molar-refractivity contribution in [2.75, 3.05) is 18.0 Å². The molecule has 35 heavy (non-hydrogen) atoms.